The molecular weight excluding hydrogens is 290 g/mol. The van der Waals surface area contributed by atoms with Gasteiger partial charge in [0.25, 0.3) is 0 Å². The number of hydrogen-bond acceptors (Lipinski definition) is 3. The molecule has 1 aliphatic rings. The number of benzene rings is 2. The van der Waals surface area contributed by atoms with E-state index in [0.717, 1.165) is 30.0 Å². The first-order chi connectivity index (χ1) is 11.3. The highest BCUT2D eigenvalue weighted by Crippen LogP contribution is 2.20. The molecular formula is C19H21NO3. The molecule has 120 valence electrons. The van der Waals surface area contributed by atoms with Crippen LogP contribution in [0, 0.1) is 0 Å². The van der Waals surface area contributed by atoms with Gasteiger partial charge in [-0.15, -0.1) is 0 Å². The van der Waals surface area contributed by atoms with Gasteiger partial charge in [0.1, 0.15) is 24.7 Å². The Morgan fingerprint density at radius 1 is 0.957 bits per heavy atom. The van der Waals surface area contributed by atoms with E-state index in [1.165, 1.54) is 0 Å². The molecule has 23 heavy (non-hydrogen) atoms. The molecule has 1 saturated heterocycles. The summed E-state index contributed by atoms with van der Waals surface area (Å²) in [5, 5.41) is 0. The molecule has 4 nitrogen and oxygen atoms in total. The van der Waals surface area contributed by atoms with Crippen molar-refractivity contribution in [3.63, 3.8) is 0 Å². The zero-order valence-electron chi connectivity index (χ0n) is 13.1. The average Bonchev–Trinajstić information content (AvgIpc) is 3.00. The van der Waals surface area contributed by atoms with E-state index >= 15 is 0 Å². The number of nitrogens with zero attached hydrogens (tertiary/aromatic N) is 1. The molecule has 3 rings (SSSR count). The van der Waals surface area contributed by atoms with Crippen molar-refractivity contribution in [3.8, 4) is 11.5 Å². The van der Waals surface area contributed by atoms with Gasteiger partial charge in [-0.05, 0) is 24.1 Å². The number of hydrogen-bond donors (Lipinski definition) is 0. The van der Waals surface area contributed by atoms with Crippen molar-refractivity contribution in [1.29, 1.82) is 0 Å². The van der Waals surface area contributed by atoms with Crippen LogP contribution in [-0.4, -0.2) is 30.5 Å². The second kappa shape index (κ2) is 7.68. The van der Waals surface area contributed by atoms with Gasteiger partial charge in [-0.3, -0.25) is 4.79 Å². The summed E-state index contributed by atoms with van der Waals surface area (Å²) >= 11 is 0. The second-order valence-electron chi connectivity index (χ2n) is 5.58. The minimum atomic E-state index is 0.230. The van der Waals surface area contributed by atoms with E-state index in [2.05, 4.69) is 0 Å². The van der Waals surface area contributed by atoms with Gasteiger partial charge in [-0.25, -0.2) is 0 Å². The van der Waals surface area contributed by atoms with E-state index < -0.39 is 0 Å². The summed E-state index contributed by atoms with van der Waals surface area (Å²) in [5.41, 5.74) is 1.13. The van der Waals surface area contributed by atoms with Crippen LogP contribution in [-0.2, 0) is 11.4 Å². The minimum Gasteiger partial charge on any atom is -0.492 e. The molecule has 0 N–H and O–H groups in total. The molecule has 0 atom stereocenters. The highest BCUT2D eigenvalue weighted by molar-refractivity contribution is 5.78. The zero-order valence-corrected chi connectivity index (χ0v) is 13.1. The van der Waals surface area contributed by atoms with Gasteiger partial charge in [0.05, 0.1) is 6.54 Å². The van der Waals surface area contributed by atoms with Crippen molar-refractivity contribution < 1.29 is 14.3 Å². The molecule has 0 unspecified atom stereocenters. The molecule has 0 spiro atoms. The van der Waals surface area contributed by atoms with Crippen LogP contribution in [0.3, 0.4) is 0 Å². The topological polar surface area (TPSA) is 38.8 Å². The summed E-state index contributed by atoms with van der Waals surface area (Å²) in [5.74, 6) is 1.78. The smallest absolute Gasteiger partial charge is 0.222 e. The van der Waals surface area contributed by atoms with Crippen molar-refractivity contribution in [2.24, 2.45) is 0 Å². The summed E-state index contributed by atoms with van der Waals surface area (Å²) in [7, 11) is 0. The summed E-state index contributed by atoms with van der Waals surface area (Å²) in [4.78, 5) is 13.4. The Morgan fingerprint density at radius 2 is 1.74 bits per heavy atom. The number of carbonyl (C=O) groups excluding carboxylic acids is 1. The summed E-state index contributed by atoms with van der Waals surface area (Å²) < 4.78 is 11.5. The Labute approximate surface area is 136 Å². The van der Waals surface area contributed by atoms with Crippen molar-refractivity contribution in [2.45, 2.75) is 19.4 Å². The standard InChI is InChI=1S/C19H21NO3/c21-19-10-5-11-20(19)12-13-22-17-8-4-9-18(14-17)23-15-16-6-2-1-3-7-16/h1-4,6-9,14H,5,10-13,15H2. The molecule has 0 bridgehead atoms. The molecule has 1 fully saturated rings. The average molecular weight is 311 g/mol. The van der Waals surface area contributed by atoms with E-state index in [1.807, 2.05) is 59.5 Å². The number of carbonyl (C=O) groups is 1. The maximum absolute atomic E-state index is 11.5. The highest BCUT2D eigenvalue weighted by atomic mass is 16.5. The van der Waals surface area contributed by atoms with Gasteiger partial charge < -0.3 is 14.4 Å². The van der Waals surface area contributed by atoms with E-state index in [4.69, 9.17) is 9.47 Å². The Morgan fingerprint density at radius 3 is 2.48 bits per heavy atom. The molecule has 0 aliphatic carbocycles. The van der Waals surface area contributed by atoms with Gasteiger partial charge in [0, 0.05) is 19.0 Å². The third-order valence-corrected chi connectivity index (χ3v) is 3.86. The van der Waals surface area contributed by atoms with Gasteiger partial charge in [-0.1, -0.05) is 36.4 Å². The molecule has 2 aromatic rings. The fraction of sp³-hybridized carbons (Fsp3) is 0.316. The third-order valence-electron chi connectivity index (χ3n) is 3.86. The van der Waals surface area contributed by atoms with Crippen LogP contribution in [0.25, 0.3) is 0 Å². The van der Waals surface area contributed by atoms with Crippen molar-refractivity contribution in [1.82, 2.24) is 4.90 Å². The summed E-state index contributed by atoms with van der Waals surface area (Å²) in [6, 6.07) is 17.7. The summed E-state index contributed by atoms with van der Waals surface area (Å²) in [6.07, 6.45) is 1.63. The monoisotopic (exact) mass is 311 g/mol. The number of amides is 1. The Kier molecular flexibility index (Phi) is 5.14. The lowest BCUT2D eigenvalue weighted by molar-refractivity contribution is -0.128. The van der Waals surface area contributed by atoms with Crippen LogP contribution in [0.15, 0.2) is 54.6 Å². The van der Waals surface area contributed by atoms with Crippen LogP contribution in [0.1, 0.15) is 18.4 Å². The molecule has 2 aromatic carbocycles. The van der Waals surface area contributed by atoms with Gasteiger partial charge in [0.15, 0.2) is 0 Å². The lowest BCUT2D eigenvalue weighted by atomic mass is 10.2. The lowest BCUT2D eigenvalue weighted by Crippen LogP contribution is -2.29. The molecule has 1 amide bonds. The largest absolute Gasteiger partial charge is 0.492 e. The van der Waals surface area contributed by atoms with E-state index in [9.17, 15) is 4.79 Å². The van der Waals surface area contributed by atoms with Gasteiger partial charge >= 0.3 is 0 Å². The molecule has 0 saturated carbocycles. The van der Waals surface area contributed by atoms with Crippen LogP contribution in [0.4, 0.5) is 0 Å². The normalized spacial score (nSPS) is 14.1. The van der Waals surface area contributed by atoms with Gasteiger partial charge in [-0.2, -0.15) is 0 Å². The van der Waals surface area contributed by atoms with Crippen LogP contribution in [0.2, 0.25) is 0 Å². The Bertz CT molecular complexity index is 642. The Hall–Kier alpha value is -2.49. The van der Waals surface area contributed by atoms with E-state index in [-0.39, 0.29) is 5.91 Å². The van der Waals surface area contributed by atoms with Gasteiger partial charge in [0.2, 0.25) is 5.91 Å². The summed E-state index contributed by atoms with van der Waals surface area (Å²) in [6.45, 7) is 2.54. The fourth-order valence-electron chi connectivity index (χ4n) is 2.61. The lowest BCUT2D eigenvalue weighted by Gasteiger charge is -2.16. The maximum Gasteiger partial charge on any atom is 0.222 e. The zero-order chi connectivity index (χ0) is 15.9. The number of likely N-dealkylation sites (tertiary alicyclic amines) is 1. The van der Waals surface area contributed by atoms with Crippen molar-refractivity contribution >= 4 is 5.91 Å². The maximum atomic E-state index is 11.5. The van der Waals surface area contributed by atoms with E-state index in [0.29, 0.717) is 26.2 Å². The SMILES string of the molecule is O=C1CCCN1CCOc1cccc(OCc2ccccc2)c1. The molecule has 4 heteroatoms. The van der Waals surface area contributed by atoms with Crippen LogP contribution in [0.5, 0.6) is 11.5 Å². The Balaban J connectivity index is 1.48. The van der Waals surface area contributed by atoms with Crippen molar-refractivity contribution in [3.05, 3.63) is 60.2 Å². The molecule has 1 aliphatic heterocycles. The first-order valence-corrected chi connectivity index (χ1v) is 7.98. The molecule has 0 radical (unpaired) electrons. The number of rotatable bonds is 7. The van der Waals surface area contributed by atoms with Crippen LogP contribution >= 0.6 is 0 Å². The number of ether oxygens (including phenoxy) is 2. The first-order valence-electron chi connectivity index (χ1n) is 7.98. The molecule has 0 aromatic heterocycles. The quantitative estimate of drug-likeness (QED) is 0.788. The van der Waals surface area contributed by atoms with Crippen molar-refractivity contribution in [2.75, 3.05) is 19.7 Å². The third kappa shape index (κ3) is 4.49. The predicted octanol–water partition coefficient (Wildman–Crippen LogP) is 3.27. The molecule has 1 heterocycles. The highest BCUT2D eigenvalue weighted by Gasteiger charge is 2.19. The first kappa shape index (κ1) is 15.4. The van der Waals surface area contributed by atoms with E-state index in [1.54, 1.807) is 0 Å². The fourth-order valence-corrected chi connectivity index (χ4v) is 2.61. The van der Waals surface area contributed by atoms with Crippen LogP contribution < -0.4 is 9.47 Å². The minimum absolute atomic E-state index is 0.230. The second-order valence-corrected chi connectivity index (χ2v) is 5.58. The predicted molar refractivity (Wildman–Crippen MR) is 88.5 cm³/mol.